The predicted molar refractivity (Wildman–Crippen MR) is 141 cm³/mol. The van der Waals surface area contributed by atoms with Crippen molar-refractivity contribution >= 4 is 29.1 Å². The number of carbonyl (C=O) groups is 2. The van der Waals surface area contributed by atoms with E-state index < -0.39 is 0 Å². The molecule has 1 N–H and O–H groups in total. The third kappa shape index (κ3) is 5.26. The maximum atomic E-state index is 13.5. The van der Waals surface area contributed by atoms with Gasteiger partial charge in [-0.2, -0.15) is 0 Å². The molecule has 6 heteroatoms. The minimum Gasteiger partial charge on any atom is -0.484 e. The molecule has 0 aliphatic carbocycles. The van der Waals surface area contributed by atoms with Gasteiger partial charge in [0.15, 0.2) is 6.61 Å². The summed E-state index contributed by atoms with van der Waals surface area (Å²) >= 11 is 6.00. The van der Waals surface area contributed by atoms with E-state index >= 15 is 0 Å². The zero-order valence-corrected chi connectivity index (χ0v) is 20.3. The average Bonchev–Trinajstić information content (AvgIpc) is 2.91. The minimum absolute atomic E-state index is 0.0117. The number of anilines is 1. The van der Waals surface area contributed by atoms with Gasteiger partial charge in [0.1, 0.15) is 5.75 Å². The number of hydrogen-bond acceptors (Lipinski definition) is 3. The lowest BCUT2D eigenvalue weighted by atomic mass is 9.87. The molecule has 4 aromatic carbocycles. The summed E-state index contributed by atoms with van der Waals surface area (Å²) in [5.41, 5.74) is 4.47. The molecule has 4 aromatic rings. The van der Waals surface area contributed by atoms with E-state index in [-0.39, 0.29) is 24.5 Å². The highest BCUT2D eigenvalue weighted by molar-refractivity contribution is 6.30. The minimum atomic E-state index is -0.282. The Kier molecular flexibility index (Phi) is 7.01. The maximum Gasteiger partial charge on any atom is 0.262 e. The van der Waals surface area contributed by atoms with Crippen molar-refractivity contribution in [3.05, 3.63) is 130 Å². The molecule has 5 rings (SSSR count). The fraction of sp³-hybridized carbons (Fsp3) is 0.133. The van der Waals surface area contributed by atoms with Crippen LogP contribution in [-0.4, -0.2) is 29.9 Å². The first-order valence-corrected chi connectivity index (χ1v) is 12.2. The molecule has 1 heterocycles. The Hall–Kier alpha value is -4.09. The summed E-state index contributed by atoms with van der Waals surface area (Å²) in [5.74, 6) is 0.280. The summed E-state index contributed by atoms with van der Waals surface area (Å²) in [4.78, 5) is 27.9. The first kappa shape index (κ1) is 23.6. The lowest BCUT2D eigenvalue weighted by Crippen LogP contribution is -2.40. The topological polar surface area (TPSA) is 58.6 Å². The van der Waals surface area contributed by atoms with Crippen LogP contribution in [0.25, 0.3) is 0 Å². The van der Waals surface area contributed by atoms with Crippen LogP contribution in [0.1, 0.15) is 33.1 Å². The second kappa shape index (κ2) is 10.7. The summed E-state index contributed by atoms with van der Waals surface area (Å²) in [5, 5.41) is 3.34. The second-order valence-corrected chi connectivity index (χ2v) is 9.07. The molecule has 180 valence electrons. The quantitative estimate of drug-likeness (QED) is 0.348. The molecule has 1 atom stereocenters. The van der Waals surface area contributed by atoms with Crippen molar-refractivity contribution in [2.45, 2.75) is 12.5 Å². The fourth-order valence-electron chi connectivity index (χ4n) is 4.56. The van der Waals surface area contributed by atoms with Crippen LogP contribution in [0.3, 0.4) is 0 Å². The van der Waals surface area contributed by atoms with Gasteiger partial charge in [-0.15, -0.1) is 0 Å². The van der Waals surface area contributed by atoms with Crippen LogP contribution in [0.15, 0.2) is 103 Å². The van der Waals surface area contributed by atoms with Gasteiger partial charge in [-0.3, -0.25) is 9.59 Å². The molecular weight excluding hydrogens is 472 g/mol. The summed E-state index contributed by atoms with van der Waals surface area (Å²) in [6.07, 6.45) is 0.743. The molecule has 36 heavy (non-hydrogen) atoms. The van der Waals surface area contributed by atoms with Gasteiger partial charge in [-0.1, -0.05) is 72.3 Å². The Morgan fingerprint density at radius 1 is 0.889 bits per heavy atom. The Morgan fingerprint density at radius 3 is 2.39 bits per heavy atom. The lowest BCUT2D eigenvalue weighted by molar-refractivity contribution is -0.118. The van der Waals surface area contributed by atoms with Gasteiger partial charge in [-0.25, -0.2) is 0 Å². The highest BCUT2D eigenvalue weighted by Crippen LogP contribution is 2.38. The van der Waals surface area contributed by atoms with Crippen LogP contribution in [0, 0.1) is 0 Å². The van der Waals surface area contributed by atoms with Crippen molar-refractivity contribution in [1.29, 1.82) is 0 Å². The molecule has 0 spiro atoms. The molecule has 1 unspecified atom stereocenters. The third-order valence-corrected chi connectivity index (χ3v) is 6.46. The number of halogens is 1. The second-order valence-electron chi connectivity index (χ2n) is 8.64. The van der Waals surface area contributed by atoms with Crippen LogP contribution in [0.4, 0.5) is 5.69 Å². The van der Waals surface area contributed by atoms with Crippen molar-refractivity contribution in [3.63, 3.8) is 0 Å². The van der Waals surface area contributed by atoms with E-state index in [1.165, 1.54) is 0 Å². The van der Waals surface area contributed by atoms with Crippen molar-refractivity contribution in [2.24, 2.45) is 0 Å². The standard InChI is InChI=1S/C30H25ClN2O3/c31-24-12-7-13-25(18-24)32-28(34)20-36-26-15-14-21-16-17-33(30(35)23-10-5-2-6-11-23)29(27(21)19-26)22-8-3-1-4-9-22/h1-15,18-19,29H,16-17,20H2,(H,32,34). The SMILES string of the molecule is O=C(COc1ccc2c(c1)C(c1ccccc1)N(C(=O)c1ccccc1)CC2)Nc1cccc(Cl)c1. The number of fused-ring (bicyclic) bond motifs is 1. The van der Waals surface area contributed by atoms with Crippen LogP contribution in [0.2, 0.25) is 5.02 Å². The lowest BCUT2D eigenvalue weighted by Gasteiger charge is -2.38. The van der Waals surface area contributed by atoms with Crippen molar-refractivity contribution < 1.29 is 14.3 Å². The average molecular weight is 497 g/mol. The Balaban J connectivity index is 1.40. The molecule has 0 saturated carbocycles. The van der Waals surface area contributed by atoms with E-state index in [4.69, 9.17) is 16.3 Å². The number of hydrogen-bond donors (Lipinski definition) is 1. The Labute approximate surface area is 215 Å². The zero-order valence-electron chi connectivity index (χ0n) is 19.6. The molecule has 0 fully saturated rings. The predicted octanol–water partition coefficient (Wildman–Crippen LogP) is 6.15. The third-order valence-electron chi connectivity index (χ3n) is 6.22. The van der Waals surface area contributed by atoms with Crippen LogP contribution in [-0.2, 0) is 11.2 Å². The molecule has 0 bridgehead atoms. The largest absolute Gasteiger partial charge is 0.484 e. The van der Waals surface area contributed by atoms with Gasteiger partial charge >= 0.3 is 0 Å². The molecule has 5 nitrogen and oxygen atoms in total. The first-order chi connectivity index (χ1) is 17.6. The van der Waals surface area contributed by atoms with E-state index in [1.54, 1.807) is 24.3 Å². The van der Waals surface area contributed by atoms with Gasteiger partial charge in [-0.05, 0) is 65.6 Å². The molecule has 1 aliphatic heterocycles. The fourth-order valence-corrected chi connectivity index (χ4v) is 4.75. The summed E-state index contributed by atoms with van der Waals surface area (Å²) < 4.78 is 5.85. The van der Waals surface area contributed by atoms with Gasteiger partial charge in [0, 0.05) is 22.8 Å². The summed E-state index contributed by atoms with van der Waals surface area (Å²) in [6.45, 7) is 0.469. The molecule has 0 saturated heterocycles. The molecule has 1 aliphatic rings. The highest BCUT2D eigenvalue weighted by Gasteiger charge is 2.32. The highest BCUT2D eigenvalue weighted by atomic mass is 35.5. The van der Waals surface area contributed by atoms with E-state index in [0.717, 1.165) is 23.1 Å². The number of rotatable bonds is 6. The molecule has 0 aromatic heterocycles. The Morgan fingerprint density at radius 2 is 1.64 bits per heavy atom. The Bertz CT molecular complexity index is 1380. The number of carbonyl (C=O) groups excluding carboxylic acids is 2. The van der Waals surface area contributed by atoms with Gasteiger partial charge in [0.05, 0.1) is 6.04 Å². The zero-order chi connectivity index (χ0) is 24.9. The number of nitrogens with zero attached hydrogens (tertiary/aromatic N) is 1. The van der Waals surface area contributed by atoms with Crippen LogP contribution >= 0.6 is 11.6 Å². The normalized spacial score (nSPS) is 14.6. The van der Waals surface area contributed by atoms with E-state index in [2.05, 4.69) is 5.32 Å². The van der Waals surface area contributed by atoms with Crippen LogP contribution in [0.5, 0.6) is 5.75 Å². The number of ether oxygens (including phenoxy) is 1. The number of benzene rings is 4. The number of amides is 2. The van der Waals surface area contributed by atoms with Gasteiger partial charge < -0.3 is 15.0 Å². The first-order valence-electron chi connectivity index (χ1n) is 11.8. The molecule has 0 radical (unpaired) electrons. The molecular formula is C30H25ClN2O3. The van der Waals surface area contributed by atoms with E-state index in [0.29, 0.717) is 28.6 Å². The smallest absolute Gasteiger partial charge is 0.262 e. The van der Waals surface area contributed by atoms with Crippen molar-refractivity contribution in [2.75, 3.05) is 18.5 Å². The summed E-state index contributed by atoms with van der Waals surface area (Å²) in [7, 11) is 0. The number of nitrogens with one attached hydrogen (secondary N) is 1. The summed E-state index contributed by atoms with van der Waals surface area (Å²) in [6, 6.07) is 31.9. The molecule has 2 amide bonds. The monoisotopic (exact) mass is 496 g/mol. The van der Waals surface area contributed by atoms with Crippen LogP contribution < -0.4 is 10.1 Å². The van der Waals surface area contributed by atoms with Crippen molar-refractivity contribution in [3.8, 4) is 5.75 Å². The van der Waals surface area contributed by atoms with E-state index in [1.807, 2.05) is 83.8 Å². The van der Waals surface area contributed by atoms with E-state index in [9.17, 15) is 9.59 Å². The van der Waals surface area contributed by atoms with Crippen molar-refractivity contribution in [1.82, 2.24) is 4.90 Å². The van der Waals surface area contributed by atoms with Gasteiger partial charge in [0.2, 0.25) is 0 Å². The maximum absolute atomic E-state index is 13.5. The van der Waals surface area contributed by atoms with Gasteiger partial charge in [0.25, 0.3) is 11.8 Å².